The minimum absolute atomic E-state index is 0. The maximum atomic E-state index is 12.2. The van der Waals surface area contributed by atoms with Crippen LogP contribution in [0.3, 0.4) is 0 Å². The van der Waals surface area contributed by atoms with Gasteiger partial charge in [0.2, 0.25) is 0 Å². The third-order valence-corrected chi connectivity index (χ3v) is 3.66. The summed E-state index contributed by atoms with van der Waals surface area (Å²) in [6.07, 6.45) is 4.59. The quantitative estimate of drug-likeness (QED) is 0.433. The number of carbonyl (C=O) groups is 2. The summed E-state index contributed by atoms with van der Waals surface area (Å²) in [4.78, 5) is 25.7. The van der Waals surface area contributed by atoms with E-state index in [9.17, 15) is 9.59 Å². The van der Waals surface area contributed by atoms with Gasteiger partial charge in [0, 0.05) is 13.5 Å². The van der Waals surface area contributed by atoms with Crippen LogP contribution in [0, 0.1) is 0 Å². The minimum Gasteiger partial charge on any atom is -0.461 e. The molecule has 25 heavy (non-hydrogen) atoms. The number of benzene rings is 1. The molecule has 0 amide bonds. The fourth-order valence-corrected chi connectivity index (χ4v) is 2.32. The van der Waals surface area contributed by atoms with Crippen LogP contribution < -0.4 is 4.74 Å². The largest absolute Gasteiger partial charge is 0.461 e. The molecule has 0 atom stereocenters. The smallest absolute Gasteiger partial charge is 0.341 e. The zero-order valence-corrected chi connectivity index (χ0v) is 16.3. The standard InChI is InChI=1S/C19H29NO4.ClH/c1-4-6-12-20(13-7-5-2)14-15-23-19(22)17-10-8-9-11-18(17)24-16(3)21;/h8-11H,4-7,12-15H2,1-3H3;1H. The highest BCUT2D eigenvalue weighted by atomic mass is 35.5. The number of nitrogens with zero attached hydrogens (tertiary/aromatic N) is 1. The van der Waals surface area contributed by atoms with E-state index in [4.69, 9.17) is 9.47 Å². The van der Waals surface area contributed by atoms with E-state index < -0.39 is 11.9 Å². The summed E-state index contributed by atoms with van der Waals surface area (Å²) in [5.41, 5.74) is 0.279. The van der Waals surface area contributed by atoms with Crippen molar-refractivity contribution >= 4 is 24.3 Å². The van der Waals surface area contributed by atoms with Crippen LogP contribution in [-0.4, -0.2) is 43.1 Å². The Morgan fingerprint density at radius 1 is 1.00 bits per heavy atom. The van der Waals surface area contributed by atoms with Crippen molar-refractivity contribution in [3.8, 4) is 5.75 Å². The number of esters is 2. The average molecular weight is 372 g/mol. The molecule has 142 valence electrons. The Balaban J connectivity index is 0.00000576. The van der Waals surface area contributed by atoms with Crippen molar-refractivity contribution in [1.29, 1.82) is 0 Å². The first-order valence-corrected chi connectivity index (χ1v) is 8.75. The molecule has 1 aromatic rings. The average Bonchev–Trinajstić information content (AvgIpc) is 2.56. The van der Waals surface area contributed by atoms with Crippen molar-refractivity contribution in [3.05, 3.63) is 29.8 Å². The molecule has 0 fully saturated rings. The summed E-state index contributed by atoms with van der Waals surface area (Å²) in [6.45, 7) is 8.76. The molecule has 0 aromatic heterocycles. The van der Waals surface area contributed by atoms with Crippen LogP contribution in [0.15, 0.2) is 24.3 Å². The molecular weight excluding hydrogens is 342 g/mol. The van der Waals surface area contributed by atoms with Crippen molar-refractivity contribution in [2.45, 2.75) is 46.5 Å². The van der Waals surface area contributed by atoms with E-state index in [0.717, 1.165) is 45.3 Å². The molecule has 0 saturated carbocycles. The maximum absolute atomic E-state index is 12.2. The second-order valence-electron chi connectivity index (χ2n) is 5.77. The normalized spacial score (nSPS) is 10.2. The summed E-state index contributed by atoms with van der Waals surface area (Å²) in [5, 5.41) is 0. The molecule has 0 spiro atoms. The highest BCUT2D eigenvalue weighted by Crippen LogP contribution is 2.19. The molecule has 0 radical (unpaired) electrons. The number of carbonyl (C=O) groups excluding carboxylic acids is 2. The minimum atomic E-state index is -0.460. The van der Waals surface area contributed by atoms with Crippen LogP contribution in [0.1, 0.15) is 56.8 Å². The third kappa shape index (κ3) is 9.46. The van der Waals surface area contributed by atoms with Gasteiger partial charge in [-0.1, -0.05) is 38.8 Å². The van der Waals surface area contributed by atoms with Gasteiger partial charge in [0.1, 0.15) is 17.9 Å². The van der Waals surface area contributed by atoms with Crippen molar-refractivity contribution in [3.63, 3.8) is 0 Å². The first-order chi connectivity index (χ1) is 11.6. The summed E-state index contributed by atoms with van der Waals surface area (Å²) >= 11 is 0. The van der Waals surface area contributed by atoms with Gasteiger partial charge < -0.3 is 9.47 Å². The Hall–Kier alpha value is -1.59. The lowest BCUT2D eigenvalue weighted by atomic mass is 10.2. The summed E-state index contributed by atoms with van der Waals surface area (Å²) < 4.78 is 10.4. The molecule has 0 aliphatic heterocycles. The van der Waals surface area contributed by atoms with E-state index in [2.05, 4.69) is 18.7 Å². The SMILES string of the molecule is CCCCN(CCCC)CCOC(=O)c1ccccc1OC(C)=O.Cl. The molecule has 0 bridgehead atoms. The zero-order valence-electron chi connectivity index (χ0n) is 15.5. The molecule has 0 aliphatic rings. The highest BCUT2D eigenvalue weighted by Gasteiger charge is 2.15. The first kappa shape index (κ1) is 23.4. The van der Waals surface area contributed by atoms with Crippen LogP contribution in [0.4, 0.5) is 0 Å². The molecule has 5 nitrogen and oxygen atoms in total. The van der Waals surface area contributed by atoms with Gasteiger partial charge in [-0.3, -0.25) is 9.69 Å². The van der Waals surface area contributed by atoms with E-state index in [1.807, 2.05) is 0 Å². The number of halogens is 1. The van der Waals surface area contributed by atoms with Gasteiger partial charge in [0.15, 0.2) is 0 Å². The molecular formula is C19H30ClNO4. The molecule has 0 saturated heterocycles. The van der Waals surface area contributed by atoms with Crippen molar-refractivity contribution in [2.24, 2.45) is 0 Å². The predicted octanol–water partition coefficient (Wildman–Crippen LogP) is 4.09. The number of unbranched alkanes of at least 4 members (excludes halogenated alkanes) is 2. The van der Waals surface area contributed by atoms with Crippen molar-refractivity contribution in [1.82, 2.24) is 4.90 Å². The van der Waals surface area contributed by atoms with Gasteiger partial charge in [-0.2, -0.15) is 0 Å². The van der Waals surface area contributed by atoms with Gasteiger partial charge >= 0.3 is 11.9 Å². The molecule has 0 N–H and O–H groups in total. The van der Waals surface area contributed by atoms with E-state index in [1.54, 1.807) is 24.3 Å². The van der Waals surface area contributed by atoms with Crippen LogP contribution in [0.25, 0.3) is 0 Å². The van der Waals surface area contributed by atoms with Gasteiger partial charge in [0.05, 0.1) is 0 Å². The molecule has 1 aromatic carbocycles. The Morgan fingerprint density at radius 3 is 2.16 bits per heavy atom. The van der Waals surface area contributed by atoms with E-state index in [0.29, 0.717) is 6.61 Å². The number of rotatable bonds is 11. The lowest BCUT2D eigenvalue weighted by Crippen LogP contribution is -2.30. The lowest BCUT2D eigenvalue weighted by Gasteiger charge is -2.21. The molecule has 0 aliphatic carbocycles. The van der Waals surface area contributed by atoms with Crippen molar-refractivity contribution < 1.29 is 19.1 Å². The number of para-hydroxylation sites is 1. The number of hydrogen-bond donors (Lipinski definition) is 0. The summed E-state index contributed by atoms with van der Waals surface area (Å²) in [7, 11) is 0. The van der Waals surface area contributed by atoms with Crippen LogP contribution >= 0.6 is 12.4 Å². The molecule has 1 rings (SSSR count). The predicted molar refractivity (Wildman–Crippen MR) is 102 cm³/mol. The van der Waals surface area contributed by atoms with E-state index in [-0.39, 0.29) is 23.7 Å². The first-order valence-electron chi connectivity index (χ1n) is 8.75. The fraction of sp³-hybridized carbons (Fsp3) is 0.579. The van der Waals surface area contributed by atoms with Gasteiger partial charge in [-0.25, -0.2) is 4.79 Å². The number of ether oxygens (including phenoxy) is 2. The Morgan fingerprint density at radius 2 is 1.60 bits per heavy atom. The molecule has 0 unspecified atom stereocenters. The van der Waals surface area contributed by atoms with Crippen LogP contribution in [-0.2, 0) is 9.53 Å². The Bertz CT molecular complexity index is 514. The summed E-state index contributed by atoms with van der Waals surface area (Å²) in [6, 6.07) is 6.63. The Kier molecular flexibility index (Phi) is 12.8. The fourth-order valence-electron chi connectivity index (χ4n) is 2.32. The van der Waals surface area contributed by atoms with Crippen LogP contribution in [0.5, 0.6) is 5.75 Å². The second-order valence-corrected chi connectivity index (χ2v) is 5.77. The van der Waals surface area contributed by atoms with E-state index in [1.165, 1.54) is 6.92 Å². The second kappa shape index (κ2) is 13.7. The van der Waals surface area contributed by atoms with Crippen molar-refractivity contribution in [2.75, 3.05) is 26.2 Å². The monoisotopic (exact) mass is 371 g/mol. The number of hydrogen-bond acceptors (Lipinski definition) is 5. The lowest BCUT2D eigenvalue weighted by molar-refractivity contribution is -0.131. The van der Waals surface area contributed by atoms with Gasteiger partial charge in [-0.05, 0) is 38.1 Å². The zero-order chi connectivity index (χ0) is 17.8. The van der Waals surface area contributed by atoms with Crippen LogP contribution in [0.2, 0.25) is 0 Å². The van der Waals surface area contributed by atoms with Gasteiger partial charge in [0.25, 0.3) is 0 Å². The molecule has 0 heterocycles. The molecule has 6 heteroatoms. The summed E-state index contributed by atoms with van der Waals surface area (Å²) in [5.74, 6) is -0.679. The third-order valence-electron chi connectivity index (χ3n) is 3.66. The maximum Gasteiger partial charge on any atom is 0.341 e. The van der Waals surface area contributed by atoms with Gasteiger partial charge in [-0.15, -0.1) is 12.4 Å². The highest BCUT2D eigenvalue weighted by molar-refractivity contribution is 5.93. The topological polar surface area (TPSA) is 55.8 Å². The van der Waals surface area contributed by atoms with E-state index >= 15 is 0 Å². The Labute approximate surface area is 157 Å².